The number of nitrogens with one attached hydrogen (secondary N) is 1. The topological polar surface area (TPSA) is 55.1 Å². The minimum Gasteiger partial charge on any atom is -0.356 e. The monoisotopic (exact) mass is 358 g/mol. The third kappa shape index (κ3) is 3.44. The third-order valence-corrected chi connectivity index (χ3v) is 3.43. The quantitative estimate of drug-likeness (QED) is 0.491. The largest absolute Gasteiger partial charge is 0.356 e. The Morgan fingerprint density at radius 1 is 1.33 bits per heavy atom. The van der Waals surface area contributed by atoms with E-state index in [1.165, 1.54) is 0 Å². The first kappa shape index (κ1) is 13.3. The van der Waals surface area contributed by atoms with Crippen LogP contribution >= 0.6 is 22.6 Å². The van der Waals surface area contributed by atoms with Crippen LogP contribution in [0.2, 0.25) is 0 Å². The molecular formula is C13H15IN2O2. The summed E-state index contributed by atoms with van der Waals surface area (Å²) >= 11 is 2.34. The fourth-order valence-electron chi connectivity index (χ4n) is 1.73. The van der Waals surface area contributed by atoms with Gasteiger partial charge >= 0.3 is 0 Å². The first-order chi connectivity index (χ1) is 8.81. The minimum absolute atomic E-state index is 0.00233. The van der Waals surface area contributed by atoms with E-state index >= 15 is 0 Å². The molecule has 96 valence electrons. The molecular weight excluding hydrogens is 343 g/mol. The molecule has 1 aromatic carbocycles. The Balaban J connectivity index is 1.91. The first-order valence-electron chi connectivity index (χ1n) is 5.97. The predicted octanol–water partition coefficient (Wildman–Crippen LogP) is 2.70. The smallest absolute Gasteiger partial charge is 0.226 e. The van der Waals surface area contributed by atoms with Gasteiger partial charge in [-0.25, -0.2) is 0 Å². The molecule has 0 spiro atoms. The highest BCUT2D eigenvalue weighted by molar-refractivity contribution is 14.1. The average molecular weight is 358 g/mol. The number of benzene rings is 1. The summed E-state index contributed by atoms with van der Waals surface area (Å²) in [6, 6.07) is 7.58. The normalized spacial score (nSPS) is 10.7. The molecule has 18 heavy (non-hydrogen) atoms. The summed E-state index contributed by atoms with van der Waals surface area (Å²) in [7, 11) is 0. The maximum Gasteiger partial charge on any atom is 0.226 e. The number of hydrogen-bond acceptors (Lipinski definition) is 3. The van der Waals surface area contributed by atoms with Gasteiger partial charge in [-0.3, -0.25) is 4.79 Å². The van der Waals surface area contributed by atoms with Crippen LogP contribution < -0.4 is 5.32 Å². The van der Waals surface area contributed by atoms with Crippen molar-refractivity contribution in [1.29, 1.82) is 0 Å². The molecule has 2 rings (SSSR count). The summed E-state index contributed by atoms with van der Waals surface area (Å²) in [4.78, 5) is 11.7. The molecule has 1 aromatic heterocycles. The Kier molecular flexibility index (Phi) is 4.98. The van der Waals surface area contributed by atoms with Crippen molar-refractivity contribution in [3.63, 3.8) is 0 Å². The van der Waals surface area contributed by atoms with Crippen molar-refractivity contribution in [3.8, 4) is 0 Å². The minimum atomic E-state index is 0.00233. The van der Waals surface area contributed by atoms with Gasteiger partial charge in [-0.2, -0.15) is 0 Å². The Labute approximate surface area is 119 Å². The van der Waals surface area contributed by atoms with Crippen LogP contribution in [0.15, 0.2) is 28.8 Å². The molecule has 1 amide bonds. The molecule has 1 N–H and O–H groups in total. The number of carbonyl (C=O) groups is 1. The van der Waals surface area contributed by atoms with Crippen molar-refractivity contribution in [2.75, 3.05) is 11.0 Å². The van der Waals surface area contributed by atoms with E-state index in [1.807, 2.05) is 24.3 Å². The van der Waals surface area contributed by atoms with E-state index in [9.17, 15) is 4.79 Å². The SMILES string of the molecule is O=C(Cc1noc2ccccc12)NCCCCI. The number of rotatable bonds is 6. The second kappa shape index (κ2) is 6.72. The molecule has 0 unspecified atom stereocenters. The maximum absolute atomic E-state index is 11.7. The highest BCUT2D eigenvalue weighted by atomic mass is 127. The van der Waals surface area contributed by atoms with E-state index in [-0.39, 0.29) is 12.3 Å². The van der Waals surface area contributed by atoms with Gasteiger partial charge < -0.3 is 9.84 Å². The molecule has 0 saturated heterocycles. The van der Waals surface area contributed by atoms with Crippen LogP contribution in [0.4, 0.5) is 0 Å². The lowest BCUT2D eigenvalue weighted by Gasteiger charge is -2.02. The van der Waals surface area contributed by atoms with Crippen molar-refractivity contribution in [2.45, 2.75) is 19.3 Å². The van der Waals surface area contributed by atoms with Gasteiger partial charge in [0, 0.05) is 11.9 Å². The van der Waals surface area contributed by atoms with Gasteiger partial charge in [0.25, 0.3) is 0 Å². The standard InChI is InChI=1S/C13H15IN2O2/c14-7-3-4-8-15-13(17)9-11-10-5-1-2-6-12(10)18-16-11/h1-2,5-6H,3-4,7-9H2,(H,15,17). The Morgan fingerprint density at radius 2 is 2.17 bits per heavy atom. The van der Waals surface area contributed by atoms with Gasteiger partial charge in [0.05, 0.1) is 6.42 Å². The second-order valence-electron chi connectivity index (χ2n) is 4.05. The fourth-order valence-corrected chi connectivity index (χ4v) is 2.27. The van der Waals surface area contributed by atoms with Crippen LogP contribution in [0.5, 0.6) is 0 Å². The molecule has 0 aliphatic rings. The zero-order valence-corrected chi connectivity index (χ0v) is 12.1. The zero-order chi connectivity index (χ0) is 12.8. The summed E-state index contributed by atoms with van der Waals surface area (Å²) in [5.41, 5.74) is 1.43. The third-order valence-electron chi connectivity index (χ3n) is 2.66. The van der Waals surface area contributed by atoms with Gasteiger partial charge in [-0.05, 0) is 29.4 Å². The summed E-state index contributed by atoms with van der Waals surface area (Å²) in [5, 5.41) is 7.76. The average Bonchev–Trinajstić information content (AvgIpc) is 2.78. The number of alkyl halides is 1. The van der Waals surface area contributed by atoms with E-state index in [1.54, 1.807) is 0 Å². The molecule has 0 fully saturated rings. The van der Waals surface area contributed by atoms with Crippen LogP contribution in [0.3, 0.4) is 0 Å². The van der Waals surface area contributed by atoms with Crippen LogP contribution in [-0.2, 0) is 11.2 Å². The van der Waals surface area contributed by atoms with E-state index in [0.29, 0.717) is 5.69 Å². The summed E-state index contributed by atoms with van der Waals surface area (Å²) < 4.78 is 6.29. The van der Waals surface area contributed by atoms with Crippen LogP contribution in [0, 0.1) is 0 Å². The molecule has 1 heterocycles. The molecule has 0 bridgehead atoms. The van der Waals surface area contributed by atoms with Crippen LogP contribution in [-0.4, -0.2) is 22.0 Å². The first-order valence-corrected chi connectivity index (χ1v) is 7.50. The van der Waals surface area contributed by atoms with Crippen molar-refractivity contribution in [1.82, 2.24) is 10.5 Å². The molecule has 0 saturated carbocycles. The molecule has 5 heteroatoms. The molecule has 0 aliphatic carbocycles. The molecule has 4 nitrogen and oxygen atoms in total. The number of nitrogens with zero attached hydrogens (tertiary/aromatic N) is 1. The molecule has 0 aliphatic heterocycles. The molecule has 0 radical (unpaired) electrons. The van der Waals surface area contributed by atoms with Crippen LogP contribution in [0.1, 0.15) is 18.5 Å². The van der Waals surface area contributed by atoms with E-state index in [0.717, 1.165) is 34.8 Å². The lowest BCUT2D eigenvalue weighted by atomic mass is 10.1. The van der Waals surface area contributed by atoms with Gasteiger partial charge in [0.15, 0.2) is 5.58 Å². The Hall–Kier alpha value is -1.11. The fraction of sp³-hybridized carbons (Fsp3) is 0.385. The van der Waals surface area contributed by atoms with Crippen molar-refractivity contribution in [3.05, 3.63) is 30.0 Å². The number of amides is 1. The zero-order valence-electron chi connectivity index (χ0n) is 9.99. The Bertz CT molecular complexity index is 524. The molecule has 2 aromatic rings. The van der Waals surface area contributed by atoms with E-state index in [2.05, 4.69) is 33.1 Å². The van der Waals surface area contributed by atoms with E-state index < -0.39 is 0 Å². The number of hydrogen-bond donors (Lipinski definition) is 1. The van der Waals surface area contributed by atoms with Crippen LogP contribution in [0.25, 0.3) is 11.0 Å². The van der Waals surface area contributed by atoms with Gasteiger partial charge in [-0.1, -0.05) is 39.9 Å². The summed E-state index contributed by atoms with van der Waals surface area (Å²) in [6.07, 6.45) is 2.43. The number of para-hydroxylation sites is 1. The lowest BCUT2D eigenvalue weighted by molar-refractivity contribution is -0.120. The highest BCUT2D eigenvalue weighted by Crippen LogP contribution is 2.17. The Morgan fingerprint density at radius 3 is 3.00 bits per heavy atom. The number of unbranched alkanes of at least 4 members (excludes halogenated alkanes) is 1. The highest BCUT2D eigenvalue weighted by Gasteiger charge is 2.11. The van der Waals surface area contributed by atoms with Gasteiger partial charge in [0.2, 0.25) is 5.91 Å². The maximum atomic E-state index is 11.7. The van der Waals surface area contributed by atoms with Gasteiger partial charge in [0.1, 0.15) is 5.69 Å². The lowest BCUT2D eigenvalue weighted by Crippen LogP contribution is -2.26. The number of carbonyl (C=O) groups excluding carboxylic acids is 1. The van der Waals surface area contributed by atoms with Crippen molar-refractivity contribution < 1.29 is 9.32 Å². The summed E-state index contributed by atoms with van der Waals surface area (Å²) in [6.45, 7) is 0.734. The second-order valence-corrected chi connectivity index (χ2v) is 5.13. The number of halogens is 1. The van der Waals surface area contributed by atoms with Crippen molar-refractivity contribution in [2.24, 2.45) is 0 Å². The summed E-state index contributed by atoms with van der Waals surface area (Å²) in [5.74, 6) is 0.00233. The molecule has 0 atom stereocenters. The predicted molar refractivity (Wildman–Crippen MR) is 78.8 cm³/mol. The van der Waals surface area contributed by atoms with E-state index in [4.69, 9.17) is 4.52 Å². The van der Waals surface area contributed by atoms with Gasteiger partial charge in [-0.15, -0.1) is 0 Å². The van der Waals surface area contributed by atoms with Crippen molar-refractivity contribution >= 4 is 39.5 Å². The number of fused-ring (bicyclic) bond motifs is 1. The number of aromatic nitrogens is 1.